The molecule has 1 fully saturated rings. The van der Waals surface area contributed by atoms with Crippen molar-refractivity contribution < 1.29 is 18.9 Å². The van der Waals surface area contributed by atoms with Gasteiger partial charge < -0.3 is 23.8 Å². The van der Waals surface area contributed by atoms with Gasteiger partial charge in [-0.1, -0.05) is 146 Å². The second kappa shape index (κ2) is 14.2. The summed E-state index contributed by atoms with van der Waals surface area (Å²) >= 11 is 0. The van der Waals surface area contributed by atoms with Crippen LogP contribution in [0.3, 0.4) is 0 Å². The van der Waals surface area contributed by atoms with E-state index in [0.29, 0.717) is 11.5 Å². The molecular weight excluding hydrogens is 775 g/mol. The van der Waals surface area contributed by atoms with Crippen molar-refractivity contribution >= 4 is 22.5 Å². The number of ether oxygens (including phenoxy) is 4. The number of hydrogen-bond acceptors (Lipinski definition) is 5. The van der Waals surface area contributed by atoms with Crippen LogP contribution in [0, 0.1) is 0 Å². The lowest BCUT2D eigenvalue weighted by atomic mass is 9.63. The Bertz CT molecular complexity index is 3100. The Morgan fingerprint density at radius 3 is 1.62 bits per heavy atom. The zero-order valence-electron chi connectivity index (χ0n) is 35.9. The van der Waals surface area contributed by atoms with E-state index in [1.807, 2.05) is 0 Å². The van der Waals surface area contributed by atoms with E-state index in [1.165, 1.54) is 50.2 Å². The maximum atomic E-state index is 7.94. The quantitative estimate of drug-likeness (QED) is 0.173. The number of morpholine rings is 1. The highest BCUT2D eigenvalue weighted by atomic mass is 16.5. The highest BCUT2D eigenvalue weighted by molar-refractivity contribution is 6.12. The van der Waals surface area contributed by atoms with Gasteiger partial charge in [0.15, 0.2) is 17.1 Å². The predicted molar refractivity (Wildman–Crippen MR) is 254 cm³/mol. The van der Waals surface area contributed by atoms with Gasteiger partial charge in [0.2, 0.25) is 0 Å². The maximum absolute atomic E-state index is 7.94. The molecule has 0 aromatic heterocycles. The minimum Gasteiger partial charge on any atom is -0.493 e. The molecule has 3 atom stereocenters. The molecule has 0 N–H and O–H groups in total. The minimum absolute atomic E-state index is 0.158. The van der Waals surface area contributed by atoms with Gasteiger partial charge in [0, 0.05) is 40.9 Å². The SMILES string of the molecule is COc1cc2c3c(c4c(c2cc1OC)-c1ccccc1-c1ccccc1C41c2ccccc2-c2ccccc21)C=CC(c1ccccc1)(c1ccc(N2CC(C)OC(C)C2)cc1)O3. The molecule has 1 saturated heterocycles. The molecule has 0 bridgehead atoms. The van der Waals surface area contributed by atoms with E-state index in [-0.39, 0.29) is 12.2 Å². The molecule has 0 amide bonds. The third-order valence-electron chi connectivity index (χ3n) is 14.0. The van der Waals surface area contributed by atoms with E-state index in [9.17, 15) is 0 Å². The van der Waals surface area contributed by atoms with Crippen LogP contribution in [0.5, 0.6) is 17.2 Å². The minimum atomic E-state index is -0.966. The van der Waals surface area contributed by atoms with Gasteiger partial charge in [-0.2, -0.15) is 0 Å². The zero-order valence-corrected chi connectivity index (χ0v) is 35.9. The van der Waals surface area contributed by atoms with Crippen LogP contribution in [0.15, 0.2) is 170 Å². The van der Waals surface area contributed by atoms with E-state index in [1.54, 1.807) is 14.2 Å². The highest BCUT2D eigenvalue weighted by Crippen LogP contribution is 2.65. The van der Waals surface area contributed by atoms with Gasteiger partial charge in [-0.15, -0.1) is 0 Å². The average Bonchev–Trinajstić information content (AvgIpc) is 3.57. The number of methoxy groups -OCH3 is 2. The molecule has 4 aliphatic rings. The van der Waals surface area contributed by atoms with Crippen LogP contribution in [0.2, 0.25) is 0 Å². The van der Waals surface area contributed by atoms with Crippen LogP contribution in [0.25, 0.3) is 50.2 Å². The van der Waals surface area contributed by atoms with Crippen LogP contribution < -0.4 is 19.1 Å². The van der Waals surface area contributed by atoms with Crippen LogP contribution in [-0.4, -0.2) is 39.5 Å². The van der Waals surface area contributed by atoms with E-state index >= 15 is 0 Å². The number of benzene rings is 8. The lowest BCUT2D eigenvalue weighted by Gasteiger charge is -2.42. The summed E-state index contributed by atoms with van der Waals surface area (Å²) in [5.74, 6) is 2.11. The Labute approximate surface area is 368 Å². The molecule has 1 spiro atoms. The molecule has 8 aromatic rings. The second-order valence-corrected chi connectivity index (χ2v) is 17.4. The number of hydrogen-bond donors (Lipinski definition) is 0. The van der Waals surface area contributed by atoms with Crippen molar-refractivity contribution in [2.24, 2.45) is 0 Å². The fourth-order valence-corrected chi connectivity index (χ4v) is 11.5. The van der Waals surface area contributed by atoms with Crippen molar-refractivity contribution in [2.45, 2.75) is 37.1 Å². The second-order valence-electron chi connectivity index (χ2n) is 17.4. The van der Waals surface area contributed by atoms with Gasteiger partial charge in [0.05, 0.1) is 31.8 Å². The first-order valence-corrected chi connectivity index (χ1v) is 22.0. The molecular formula is C58H47NO4. The Morgan fingerprint density at radius 2 is 1.03 bits per heavy atom. The molecule has 2 aliphatic heterocycles. The number of rotatable bonds is 5. The van der Waals surface area contributed by atoms with E-state index in [4.69, 9.17) is 18.9 Å². The highest BCUT2D eigenvalue weighted by Gasteiger charge is 2.52. The summed E-state index contributed by atoms with van der Waals surface area (Å²) in [5, 5.41) is 1.99. The van der Waals surface area contributed by atoms with Crippen LogP contribution >= 0.6 is 0 Å². The summed E-state index contributed by atoms with van der Waals surface area (Å²) in [6.45, 7) is 6.00. The Morgan fingerprint density at radius 1 is 0.540 bits per heavy atom. The molecule has 2 heterocycles. The third kappa shape index (κ3) is 5.33. The van der Waals surface area contributed by atoms with Crippen molar-refractivity contribution in [3.8, 4) is 50.6 Å². The van der Waals surface area contributed by atoms with Crippen LogP contribution in [0.1, 0.15) is 52.8 Å². The fraction of sp³-hybridized carbons (Fsp3) is 0.172. The summed E-state index contributed by atoms with van der Waals surface area (Å²) in [7, 11) is 3.43. The summed E-state index contributed by atoms with van der Waals surface area (Å²) in [5.41, 5.74) is 14.7. The topological polar surface area (TPSA) is 40.2 Å². The summed E-state index contributed by atoms with van der Waals surface area (Å²) in [6, 6.07) is 59.9. The summed E-state index contributed by atoms with van der Waals surface area (Å²) in [6.07, 6.45) is 4.98. The Hall–Kier alpha value is -7.08. The normalized spacial score (nSPS) is 19.8. The monoisotopic (exact) mass is 821 g/mol. The molecule has 2 aliphatic carbocycles. The summed E-state index contributed by atoms with van der Waals surface area (Å²) in [4.78, 5) is 2.43. The first-order chi connectivity index (χ1) is 30.9. The first-order valence-electron chi connectivity index (χ1n) is 22.0. The number of anilines is 1. The standard InChI is InChI=1S/C58H47NO4/c1-36-34-59(35-37(2)62-36)40-28-26-39(27-29-40)57(38-16-6-5-7-17-38)31-30-46-55-54(47-32-52(60-3)53(61-4)33-48(47)56(46)63-57)45-22-9-8-18-41(45)42-19-10-13-23-49(42)58(55)50-24-14-11-20-43(50)44-21-12-15-25-51(44)58/h5-33,36-37H,34-35H2,1-4H3. The van der Waals surface area contributed by atoms with E-state index < -0.39 is 11.0 Å². The maximum Gasteiger partial charge on any atom is 0.178 e. The molecule has 5 heteroatoms. The molecule has 0 saturated carbocycles. The van der Waals surface area contributed by atoms with Crippen LogP contribution in [-0.2, 0) is 15.8 Å². The van der Waals surface area contributed by atoms with Gasteiger partial charge >= 0.3 is 0 Å². The smallest absolute Gasteiger partial charge is 0.178 e. The van der Waals surface area contributed by atoms with Gasteiger partial charge in [-0.05, 0) is 105 Å². The summed E-state index contributed by atoms with van der Waals surface area (Å²) < 4.78 is 26.3. The van der Waals surface area contributed by atoms with E-state index in [2.05, 4.69) is 195 Å². The molecule has 308 valence electrons. The molecule has 12 rings (SSSR count). The van der Waals surface area contributed by atoms with Crippen molar-refractivity contribution in [2.75, 3.05) is 32.2 Å². The largest absolute Gasteiger partial charge is 0.493 e. The first kappa shape index (κ1) is 37.7. The molecule has 5 nitrogen and oxygen atoms in total. The molecule has 3 unspecified atom stereocenters. The van der Waals surface area contributed by atoms with E-state index in [0.717, 1.165) is 57.4 Å². The van der Waals surface area contributed by atoms with Crippen molar-refractivity contribution in [1.82, 2.24) is 0 Å². The van der Waals surface area contributed by atoms with Crippen molar-refractivity contribution in [1.29, 1.82) is 0 Å². The predicted octanol–water partition coefficient (Wildman–Crippen LogP) is 12.8. The average molecular weight is 822 g/mol. The lowest BCUT2D eigenvalue weighted by molar-refractivity contribution is -0.00522. The van der Waals surface area contributed by atoms with Crippen LogP contribution in [0.4, 0.5) is 5.69 Å². The molecule has 63 heavy (non-hydrogen) atoms. The number of fused-ring (bicyclic) bond motifs is 17. The lowest BCUT2D eigenvalue weighted by Crippen LogP contribution is -2.45. The van der Waals surface area contributed by atoms with Gasteiger partial charge in [-0.3, -0.25) is 0 Å². The van der Waals surface area contributed by atoms with Gasteiger partial charge in [0.1, 0.15) is 5.75 Å². The molecule has 8 aromatic carbocycles. The van der Waals surface area contributed by atoms with Gasteiger partial charge in [-0.25, -0.2) is 0 Å². The Balaban J connectivity index is 1.22. The van der Waals surface area contributed by atoms with Crippen molar-refractivity contribution in [3.63, 3.8) is 0 Å². The van der Waals surface area contributed by atoms with Gasteiger partial charge in [0.25, 0.3) is 0 Å². The molecule has 0 radical (unpaired) electrons. The van der Waals surface area contributed by atoms with Crippen molar-refractivity contribution in [3.05, 3.63) is 209 Å². The zero-order chi connectivity index (χ0) is 42.5. The Kier molecular flexibility index (Phi) is 8.51. The fourth-order valence-electron chi connectivity index (χ4n) is 11.5. The number of nitrogens with zero attached hydrogens (tertiary/aromatic N) is 1. The third-order valence-corrected chi connectivity index (χ3v) is 14.0.